The second-order valence-corrected chi connectivity index (χ2v) is 1.30. The average Bonchev–Trinajstić information content (AvgIpc) is 1.93. The molecule has 0 amide bonds. The maximum absolute atomic E-state index is 9.00. The number of rotatable bonds is 2. The highest BCUT2D eigenvalue weighted by Gasteiger charge is 1.65. The molecule has 0 saturated carbocycles. The summed E-state index contributed by atoms with van der Waals surface area (Å²) in [6, 6.07) is 0. The van der Waals surface area contributed by atoms with Crippen molar-refractivity contribution in [1.29, 1.82) is 0 Å². The Morgan fingerprint density at radius 2 is 1.55 bits per heavy atom. The van der Waals surface area contributed by atoms with E-state index in [1.54, 1.807) is 0 Å². The van der Waals surface area contributed by atoms with Gasteiger partial charge in [0.15, 0.2) is 0 Å². The van der Waals surface area contributed by atoms with Gasteiger partial charge < -0.3 is 9.84 Å². The molecule has 0 atom stereocenters. The molecule has 0 aliphatic rings. The molecule has 3 heteroatoms. The zero-order valence-electron chi connectivity index (χ0n) is 7.59. The Bertz CT molecular complexity index is 65.7. The number of hydrogen-bond acceptors (Lipinski definition) is 2. The fourth-order valence-electron chi connectivity index (χ4n) is 0.204. The quantitative estimate of drug-likeness (QED) is 0.631. The normalized spacial score (nSPS) is 6.45. The largest absolute Gasteiger partial charge is 0.481 e. The molecule has 0 aromatic heterocycles. The Morgan fingerprint density at radius 3 is 1.55 bits per heavy atom. The topological polar surface area (TPSA) is 46.5 Å². The summed E-state index contributed by atoms with van der Waals surface area (Å²) in [6.45, 7) is 12.8. The molecule has 0 aromatic rings. The van der Waals surface area contributed by atoms with Crippen LogP contribution < -0.4 is 0 Å². The van der Waals surface area contributed by atoms with Crippen LogP contribution in [-0.4, -0.2) is 24.3 Å². The van der Waals surface area contributed by atoms with Gasteiger partial charge in [0.1, 0.15) is 0 Å². The number of carboxylic acid groups (broad SMARTS) is 1. The number of carbonyl (C=O) groups is 1. The standard InChI is InChI=1S/C4H10O.C2H4O2.C2H4/c1-3-5-4-2;1-2(3)4;1-2/h3-4H2,1-2H3;1H3,(H,3,4);1-2H2. The van der Waals surface area contributed by atoms with Gasteiger partial charge in [-0.3, -0.25) is 4.79 Å². The molecule has 0 spiro atoms. The Labute approximate surface area is 68.7 Å². The predicted octanol–water partition coefficient (Wildman–Crippen LogP) is 1.94. The first-order valence-electron chi connectivity index (χ1n) is 3.42. The smallest absolute Gasteiger partial charge is 0.300 e. The molecule has 0 bridgehead atoms. The van der Waals surface area contributed by atoms with E-state index in [2.05, 4.69) is 13.2 Å². The van der Waals surface area contributed by atoms with Crippen LogP contribution in [0.5, 0.6) is 0 Å². The monoisotopic (exact) mass is 162 g/mol. The lowest BCUT2D eigenvalue weighted by Crippen LogP contribution is -1.84. The molecule has 0 unspecified atom stereocenters. The highest BCUT2D eigenvalue weighted by molar-refractivity contribution is 5.62. The minimum atomic E-state index is -0.833. The Kier molecular flexibility index (Phi) is 34.6. The van der Waals surface area contributed by atoms with Crippen LogP contribution in [0.3, 0.4) is 0 Å². The second kappa shape index (κ2) is 22.9. The van der Waals surface area contributed by atoms with E-state index >= 15 is 0 Å². The van der Waals surface area contributed by atoms with Gasteiger partial charge in [0, 0.05) is 20.1 Å². The van der Waals surface area contributed by atoms with E-state index in [0.29, 0.717) is 0 Å². The maximum Gasteiger partial charge on any atom is 0.300 e. The Morgan fingerprint density at radius 1 is 1.36 bits per heavy atom. The first kappa shape index (κ1) is 16.6. The van der Waals surface area contributed by atoms with Gasteiger partial charge in [-0.25, -0.2) is 0 Å². The summed E-state index contributed by atoms with van der Waals surface area (Å²) in [5, 5.41) is 7.42. The second-order valence-electron chi connectivity index (χ2n) is 1.30. The van der Waals surface area contributed by atoms with E-state index in [0.717, 1.165) is 20.1 Å². The van der Waals surface area contributed by atoms with Crippen molar-refractivity contribution in [2.75, 3.05) is 13.2 Å². The summed E-state index contributed by atoms with van der Waals surface area (Å²) in [7, 11) is 0. The van der Waals surface area contributed by atoms with Crippen molar-refractivity contribution in [3.63, 3.8) is 0 Å². The molecule has 68 valence electrons. The maximum atomic E-state index is 9.00. The SMILES string of the molecule is C=C.CC(=O)O.CCOCC. The van der Waals surface area contributed by atoms with Crippen LogP contribution in [0.2, 0.25) is 0 Å². The van der Waals surface area contributed by atoms with E-state index in [1.807, 2.05) is 13.8 Å². The lowest BCUT2D eigenvalue weighted by molar-refractivity contribution is -0.134. The molecule has 0 saturated heterocycles. The molecule has 0 aromatic carbocycles. The van der Waals surface area contributed by atoms with Crippen molar-refractivity contribution in [2.45, 2.75) is 20.8 Å². The van der Waals surface area contributed by atoms with E-state index < -0.39 is 5.97 Å². The van der Waals surface area contributed by atoms with Crippen molar-refractivity contribution in [3.8, 4) is 0 Å². The van der Waals surface area contributed by atoms with Gasteiger partial charge in [0.25, 0.3) is 5.97 Å². The number of carboxylic acids is 1. The lowest BCUT2D eigenvalue weighted by atomic mass is 10.8. The molecule has 0 radical (unpaired) electrons. The van der Waals surface area contributed by atoms with Crippen molar-refractivity contribution >= 4 is 5.97 Å². The molecule has 1 N–H and O–H groups in total. The van der Waals surface area contributed by atoms with Gasteiger partial charge in [-0.15, -0.1) is 13.2 Å². The van der Waals surface area contributed by atoms with Gasteiger partial charge in [-0.05, 0) is 13.8 Å². The third kappa shape index (κ3) is 344. The number of ether oxygens (including phenoxy) is 1. The van der Waals surface area contributed by atoms with Crippen LogP contribution in [0.4, 0.5) is 0 Å². The van der Waals surface area contributed by atoms with Crippen molar-refractivity contribution in [2.24, 2.45) is 0 Å². The Balaban J connectivity index is -0.0000000965. The molecule has 0 aliphatic heterocycles. The molecule has 0 fully saturated rings. The van der Waals surface area contributed by atoms with Crippen molar-refractivity contribution < 1.29 is 14.6 Å². The van der Waals surface area contributed by atoms with Gasteiger partial charge in [0.05, 0.1) is 0 Å². The van der Waals surface area contributed by atoms with Gasteiger partial charge >= 0.3 is 0 Å². The molecular weight excluding hydrogens is 144 g/mol. The highest BCUT2D eigenvalue weighted by atomic mass is 16.5. The van der Waals surface area contributed by atoms with Crippen LogP contribution in [0.15, 0.2) is 13.2 Å². The van der Waals surface area contributed by atoms with Crippen molar-refractivity contribution in [1.82, 2.24) is 0 Å². The fraction of sp³-hybridized carbons (Fsp3) is 0.625. The average molecular weight is 162 g/mol. The van der Waals surface area contributed by atoms with Crippen LogP contribution in [0.25, 0.3) is 0 Å². The van der Waals surface area contributed by atoms with Crippen LogP contribution in [0.1, 0.15) is 20.8 Å². The fourth-order valence-corrected chi connectivity index (χ4v) is 0.204. The molecular formula is C8H18O3. The highest BCUT2D eigenvalue weighted by Crippen LogP contribution is 1.64. The summed E-state index contributed by atoms with van der Waals surface area (Å²) in [5.74, 6) is -0.833. The van der Waals surface area contributed by atoms with Gasteiger partial charge in [-0.2, -0.15) is 0 Å². The minimum Gasteiger partial charge on any atom is -0.481 e. The van der Waals surface area contributed by atoms with Crippen LogP contribution in [-0.2, 0) is 9.53 Å². The van der Waals surface area contributed by atoms with Gasteiger partial charge in [0.2, 0.25) is 0 Å². The van der Waals surface area contributed by atoms with Gasteiger partial charge in [-0.1, -0.05) is 0 Å². The summed E-state index contributed by atoms with van der Waals surface area (Å²) in [4.78, 5) is 9.00. The molecule has 0 rings (SSSR count). The first-order chi connectivity index (χ1) is 5.15. The van der Waals surface area contributed by atoms with Crippen molar-refractivity contribution in [3.05, 3.63) is 13.2 Å². The van der Waals surface area contributed by atoms with E-state index in [1.165, 1.54) is 0 Å². The first-order valence-corrected chi connectivity index (χ1v) is 3.42. The van der Waals surface area contributed by atoms with E-state index in [4.69, 9.17) is 14.6 Å². The third-order valence-corrected chi connectivity index (χ3v) is 0.408. The Hall–Kier alpha value is -0.830. The van der Waals surface area contributed by atoms with E-state index in [9.17, 15) is 0 Å². The zero-order chi connectivity index (χ0) is 9.70. The number of hydrogen-bond donors (Lipinski definition) is 1. The zero-order valence-corrected chi connectivity index (χ0v) is 7.59. The minimum absolute atomic E-state index is 0.833. The van der Waals surface area contributed by atoms with Crippen LogP contribution >= 0.6 is 0 Å². The summed E-state index contributed by atoms with van der Waals surface area (Å²) < 4.78 is 4.83. The van der Waals surface area contributed by atoms with E-state index in [-0.39, 0.29) is 0 Å². The summed E-state index contributed by atoms with van der Waals surface area (Å²) in [6.07, 6.45) is 0. The molecule has 0 heterocycles. The summed E-state index contributed by atoms with van der Waals surface area (Å²) in [5.41, 5.74) is 0. The van der Waals surface area contributed by atoms with Crippen LogP contribution in [0, 0.1) is 0 Å². The lowest BCUT2D eigenvalue weighted by Gasteiger charge is -1.86. The third-order valence-electron chi connectivity index (χ3n) is 0.408. The molecule has 3 nitrogen and oxygen atoms in total. The molecule has 0 aliphatic carbocycles. The predicted molar refractivity (Wildman–Crippen MR) is 46.7 cm³/mol. The molecule has 11 heavy (non-hydrogen) atoms. The summed E-state index contributed by atoms with van der Waals surface area (Å²) >= 11 is 0. The number of aliphatic carboxylic acids is 1.